The maximum absolute atomic E-state index is 12.9. The Balaban J connectivity index is 1.88. The van der Waals surface area contributed by atoms with Crippen LogP contribution in [0.4, 0.5) is 5.69 Å². The lowest BCUT2D eigenvalue weighted by molar-refractivity contribution is 0.0444. The van der Waals surface area contributed by atoms with E-state index in [1.165, 1.54) is 39.4 Å². The fourth-order valence-corrected chi connectivity index (χ4v) is 4.35. The molecule has 0 spiro atoms. The maximum Gasteiger partial charge on any atom is 0.341 e. The van der Waals surface area contributed by atoms with Gasteiger partial charge >= 0.3 is 11.9 Å². The van der Waals surface area contributed by atoms with Crippen molar-refractivity contribution < 1.29 is 31.9 Å². The highest BCUT2D eigenvalue weighted by Gasteiger charge is 2.26. The van der Waals surface area contributed by atoms with Gasteiger partial charge in [-0.25, -0.2) is 22.3 Å². The van der Waals surface area contributed by atoms with Gasteiger partial charge in [-0.3, -0.25) is 0 Å². The highest BCUT2D eigenvalue weighted by Crippen LogP contribution is 2.29. The third-order valence-corrected chi connectivity index (χ3v) is 6.94. The molecule has 0 unspecified atom stereocenters. The highest BCUT2D eigenvalue weighted by atomic mass is 32.2. The van der Waals surface area contributed by atoms with Gasteiger partial charge in [-0.15, -0.1) is 0 Å². The number of furan rings is 1. The van der Waals surface area contributed by atoms with Gasteiger partial charge in [-0.2, -0.15) is 0 Å². The van der Waals surface area contributed by atoms with Gasteiger partial charge in [0.05, 0.1) is 23.3 Å². The number of ether oxygens (including phenoxy) is 2. The summed E-state index contributed by atoms with van der Waals surface area (Å²) in [7, 11) is 0.410. The van der Waals surface area contributed by atoms with Gasteiger partial charge in [-0.1, -0.05) is 0 Å². The quantitative estimate of drug-likeness (QED) is 0.593. The van der Waals surface area contributed by atoms with E-state index < -0.39 is 22.0 Å². The Kier molecular flexibility index (Phi) is 6.71. The molecule has 1 aliphatic rings. The van der Waals surface area contributed by atoms with Crippen LogP contribution in [-0.2, 0) is 26.1 Å². The van der Waals surface area contributed by atoms with Crippen LogP contribution >= 0.6 is 0 Å². The normalized spacial score (nSPS) is 14.2. The van der Waals surface area contributed by atoms with Crippen molar-refractivity contribution in [1.82, 2.24) is 4.31 Å². The number of sulfonamides is 1. The molecule has 0 bridgehead atoms. The van der Waals surface area contributed by atoms with Gasteiger partial charge < -0.3 is 18.8 Å². The Morgan fingerprint density at radius 1 is 1.10 bits per heavy atom. The number of benzene rings is 1. The van der Waals surface area contributed by atoms with Gasteiger partial charge in [0.15, 0.2) is 0 Å². The molecular formula is C21H26N2O7S. The molecule has 0 saturated carbocycles. The van der Waals surface area contributed by atoms with Crippen LogP contribution < -0.4 is 4.90 Å². The fourth-order valence-electron chi connectivity index (χ4n) is 3.43. The lowest BCUT2D eigenvalue weighted by atomic mass is 10.1. The first-order chi connectivity index (χ1) is 14.6. The molecule has 9 nitrogen and oxygen atoms in total. The van der Waals surface area contributed by atoms with E-state index in [4.69, 9.17) is 9.15 Å². The number of hydrogen-bond donors (Lipinski definition) is 0. The van der Waals surface area contributed by atoms with E-state index in [1.54, 1.807) is 13.0 Å². The molecule has 2 heterocycles. The number of nitrogens with zero attached hydrogens (tertiary/aromatic N) is 2. The monoisotopic (exact) mass is 450 g/mol. The fraction of sp³-hybridized carbons (Fsp3) is 0.429. The third-order valence-electron chi connectivity index (χ3n) is 5.13. The van der Waals surface area contributed by atoms with Crippen LogP contribution in [0.3, 0.4) is 0 Å². The number of anilines is 1. The van der Waals surface area contributed by atoms with Gasteiger partial charge in [-0.05, 0) is 44.0 Å². The molecule has 0 atom stereocenters. The Morgan fingerprint density at radius 3 is 2.39 bits per heavy atom. The molecule has 1 saturated heterocycles. The van der Waals surface area contributed by atoms with Gasteiger partial charge in [0.1, 0.15) is 23.7 Å². The minimum absolute atomic E-state index is 0.00853. The minimum atomic E-state index is -3.72. The lowest BCUT2D eigenvalue weighted by Gasteiger charge is -2.22. The van der Waals surface area contributed by atoms with Gasteiger partial charge in [0.25, 0.3) is 0 Å². The van der Waals surface area contributed by atoms with Crippen LogP contribution in [0.2, 0.25) is 0 Å². The van der Waals surface area contributed by atoms with Crippen molar-refractivity contribution in [3.8, 4) is 0 Å². The first-order valence-corrected chi connectivity index (χ1v) is 11.3. The van der Waals surface area contributed by atoms with E-state index in [1.807, 2.05) is 4.90 Å². The summed E-state index contributed by atoms with van der Waals surface area (Å²) in [6, 6.07) is 5.95. The van der Waals surface area contributed by atoms with Crippen molar-refractivity contribution in [1.29, 1.82) is 0 Å². The molecule has 0 aliphatic carbocycles. The van der Waals surface area contributed by atoms with Crippen LogP contribution in [0.1, 0.15) is 45.1 Å². The number of rotatable bonds is 7. The van der Waals surface area contributed by atoms with E-state index in [2.05, 4.69) is 4.74 Å². The van der Waals surface area contributed by atoms with Crippen LogP contribution in [0, 0.1) is 6.92 Å². The number of carbonyl (C=O) groups excluding carboxylic acids is 2. The molecule has 3 rings (SSSR count). The van der Waals surface area contributed by atoms with E-state index in [-0.39, 0.29) is 28.4 Å². The van der Waals surface area contributed by atoms with E-state index >= 15 is 0 Å². The van der Waals surface area contributed by atoms with E-state index in [9.17, 15) is 18.0 Å². The molecule has 1 aliphatic heterocycles. The molecule has 10 heteroatoms. The number of aryl methyl sites for hydroxylation is 1. The second kappa shape index (κ2) is 9.11. The van der Waals surface area contributed by atoms with Crippen LogP contribution in [0.5, 0.6) is 0 Å². The Bertz CT molecular complexity index is 1080. The van der Waals surface area contributed by atoms with Crippen molar-refractivity contribution in [2.24, 2.45) is 0 Å². The summed E-state index contributed by atoms with van der Waals surface area (Å²) < 4.78 is 41.8. The summed E-state index contributed by atoms with van der Waals surface area (Å²) in [5, 5.41) is 0. The van der Waals surface area contributed by atoms with Crippen molar-refractivity contribution >= 4 is 27.6 Å². The summed E-state index contributed by atoms with van der Waals surface area (Å²) in [6.07, 6.45) is 1.99. The van der Waals surface area contributed by atoms with Crippen LogP contribution in [0.15, 0.2) is 33.6 Å². The van der Waals surface area contributed by atoms with Gasteiger partial charge in [0, 0.05) is 27.2 Å². The molecule has 1 fully saturated rings. The van der Waals surface area contributed by atoms with E-state index in [0.717, 1.165) is 30.2 Å². The molecule has 1 aromatic heterocycles. The first kappa shape index (κ1) is 22.8. The standard InChI is InChI=1S/C21H26N2O7S/c1-14-17(20(24)28-4)11-15(30-14)13-29-21(25)18-12-16(31(26,27)22(2)3)7-8-19(18)23-9-5-6-10-23/h7-8,11-12H,5-6,9-10,13H2,1-4H3. The molecule has 0 radical (unpaired) electrons. The average molecular weight is 451 g/mol. The number of methoxy groups -OCH3 is 1. The second-order valence-corrected chi connectivity index (χ2v) is 9.56. The lowest BCUT2D eigenvalue weighted by Crippen LogP contribution is -2.24. The van der Waals surface area contributed by atoms with Gasteiger partial charge in [0.2, 0.25) is 10.0 Å². The number of hydrogen-bond acceptors (Lipinski definition) is 8. The molecule has 2 aromatic rings. The molecule has 0 amide bonds. The summed E-state index contributed by atoms with van der Waals surface area (Å²) >= 11 is 0. The molecule has 31 heavy (non-hydrogen) atoms. The number of carbonyl (C=O) groups is 2. The topological polar surface area (TPSA) is 106 Å². The highest BCUT2D eigenvalue weighted by molar-refractivity contribution is 7.89. The van der Waals surface area contributed by atoms with Crippen molar-refractivity contribution in [3.63, 3.8) is 0 Å². The SMILES string of the molecule is COC(=O)c1cc(COC(=O)c2cc(S(=O)(=O)N(C)C)ccc2N2CCCC2)oc1C. The average Bonchev–Trinajstić information content (AvgIpc) is 3.40. The molecular weight excluding hydrogens is 424 g/mol. The zero-order valence-corrected chi connectivity index (χ0v) is 18.8. The zero-order chi connectivity index (χ0) is 22.8. The van der Waals surface area contributed by atoms with Crippen molar-refractivity contribution in [3.05, 3.63) is 46.9 Å². The summed E-state index contributed by atoms with van der Waals surface area (Å²) in [4.78, 5) is 26.7. The predicted octanol–water partition coefficient (Wildman–Crippen LogP) is 2.58. The molecule has 1 aromatic carbocycles. The summed E-state index contributed by atoms with van der Waals surface area (Å²) in [5.74, 6) is -0.580. The number of esters is 2. The van der Waals surface area contributed by atoms with Crippen molar-refractivity contribution in [2.45, 2.75) is 31.3 Å². The second-order valence-electron chi connectivity index (χ2n) is 7.41. The molecule has 168 valence electrons. The maximum atomic E-state index is 12.9. The molecule has 0 N–H and O–H groups in total. The van der Waals surface area contributed by atoms with E-state index in [0.29, 0.717) is 11.4 Å². The first-order valence-electron chi connectivity index (χ1n) is 9.81. The van der Waals surface area contributed by atoms with Crippen molar-refractivity contribution in [2.75, 3.05) is 39.2 Å². The minimum Gasteiger partial charge on any atom is -0.465 e. The Labute approximate surface area is 181 Å². The van der Waals surface area contributed by atoms with Crippen LogP contribution in [0.25, 0.3) is 0 Å². The smallest absolute Gasteiger partial charge is 0.341 e. The predicted molar refractivity (Wildman–Crippen MR) is 113 cm³/mol. The largest absolute Gasteiger partial charge is 0.465 e. The third kappa shape index (κ3) is 4.75. The Hall–Kier alpha value is -2.85. The Morgan fingerprint density at radius 2 is 1.77 bits per heavy atom. The van der Waals surface area contributed by atoms with Crippen LogP contribution in [-0.4, -0.2) is 59.0 Å². The summed E-state index contributed by atoms with van der Waals surface area (Å²) in [6.45, 7) is 2.96. The summed E-state index contributed by atoms with van der Waals surface area (Å²) in [5.41, 5.74) is 1.05. The zero-order valence-electron chi connectivity index (χ0n) is 18.0.